The third kappa shape index (κ3) is 5.43. The lowest BCUT2D eigenvalue weighted by Crippen LogP contribution is -2.37. The van der Waals surface area contributed by atoms with E-state index in [0.717, 1.165) is 0 Å². The third-order valence-electron chi connectivity index (χ3n) is 5.70. The Kier molecular flexibility index (Phi) is 7.87. The van der Waals surface area contributed by atoms with E-state index in [1.54, 1.807) is 36.3 Å². The maximum atomic E-state index is 14.5. The van der Waals surface area contributed by atoms with Crippen LogP contribution >= 0.6 is 0 Å². The van der Waals surface area contributed by atoms with Gasteiger partial charge >= 0.3 is 0 Å². The Morgan fingerprint density at radius 3 is 2.56 bits per heavy atom. The van der Waals surface area contributed by atoms with E-state index in [-0.39, 0.29) is 17.9 Å². The van der Waals surface area contributed by atoms with Crippen LogP contribution in [0.15, 0.2) is 53.1 Å². The van der Waals surface area contributed by atoms with Crippen LogP contribution in [0.25, 0.3) is 11.3 Å². The van der Waals surface area contributed by atoms with Crippen LogP contribution in [0.2, 0.25) is 0 Å². The van der Waals surface area contributed by atoms with Crippen molar-refractivity contribution in [3.05, 3.63) is 71.3 Å². The van der Waals surface area contributed by atoms with Crippen molar-refractivity contribution in [2.75, 3.05) is 51.5 Å². The van der Waals surface area contributed by atoms with Crippen molar-refractivity contribution in [3.63, 3.8) is 0 Å². The van der Waals surface area contributed by atoms with Crippen LogP contribution in [0.4, 0.5) is 14.7 Å². The minimum absolute atomic E-state index is 0.00683. The highest BCUT2D eigenvalue weighted by molar-refractivity contribution is 5.94. The Morgan fingerprint density at radius 2 is 1.85 bits per heavy atom. The Hall–Kier alpha value is -3.30. The second-order valence-electron chi connectivity index (χ2n) is 7.97. The van der Waals surface area contributed by atoms with E-state index in [2.05, 4.69) is 5.16 Å². The monoisotopic (exact) mass is 471 g/mol. The SMILES string of the molecule is COCCCN(Cc1c(-c2ccc(F)cc2)noc1N1CCOCC1)C(=O)c1ccccc1F. The van der Waals surface area contributed by atoms with Crippen LogP contribution < -0.4 is 4.90 Å². The molecule has 9 heteroatoms. The number of ether oxygens (including phenoxy) is 2. The number of morpholine rings is 1. The zero-order valence-corrected chi connectivity index (χ0v) is 19.0. The molecule has 0 unspecified atom stereocenters. The molecule has 1 aliphatic heterocycles. The summed E-state index contributed by atoms with van der Waals surface area (Å²) < 4.78 is 44.4. The van der Waals surface area contributed by atoms with Gasteiger partial charge in [-0.25, -0.2) is 8.78 Å². The van der Waals surface area contributed by atoms with Gasteiger partial charge in [-0.15, -0.1) is 0 Å². The number of rotatable bonds is 9. The average Bonchev–Trinajstić information content (AvgIpc) is 3.28. The number of benzene rings is 2. The van der Waals surface area contributed by atoms with Crippen molar-refractivity contribution in [1.29, 1.82) is 0 Å². The summed E-state index contributed by atoms with van der Waals surface area (Å²) in [6.07, 6.45) is 0.570. The minimum Gasteiger partial charge on any atom is -0.385 e. The summed E-state index contributed by atoms with van der Waals surface area (Å²) in [6.45, 7) is 3.23. The molecule has 2 heterocycles. The molecule has 2 aromatic carbocycles. The molecule has 0 radical (unpaired) electrons. The van der Waals surface area contributed by atoms with Crippen molar-refractivity contribution >= 4 is 11.8 Å². The van der Waals surface area contributed by atoms with Gasteiger partial charge in [-0.3, -0.25) is 4.79 Å². The average molecular weight is 472 g/mol. The number of hydrogen-bond donors (Lipinski definition) is 0. The first kappa shape index (κ1) is 23.8. The molecule has 1 fully saturated rings. The summed E-state index contributed by atoms with van der Waals surface area (Å²) in [6, 6.07) is 11.9. The second kappa shape index (κ2) is 11.2. The van der Waals surface area contributed by atoms with Gasteiger partial charge in [-0.05, 0) is 42.8 Å². The molecule has 1 aliphatic rings. The maximum Gasteiger partial charge on any atom is 0.257 e. The van der Waals surface area contributed by atoms with Crippen LogP contribution in [-0.2, 0) is 16.0 Å². The van der Waals surface area contributed by atoms with Crippen molar-refractivity contribution in [2.24, 2.45) is 0 Å². The Bertz CT molecular complexity index is 1100. The van der Waals surface area contributed by atoms with Gasteiger partial charge in [-0.2, -0.15) is 0 Å². The highest BCUT2D eigenvalue weighted by Gasteiger charge is 2.28. The molecule has 0 saturated carbocycles. The normalized spacial score (nSPS) is 13.8. The van der Waals surface area contributed by atoms with E-state index in [1.807, 2.05) is 4.90 Å². The van der Waals surface area contributed by atoms with Gasteiger partial charge in [0, 0.05) is 38.9 Å². The summed E-state index contributed by atoms with van der Waals surface area (Å²) in [4.78, 5) is 17.0. The molecule has 0 atom stereocenters. The number of amides is 1. The van der Waals surface area contributed by atoms with Gasteiger partial charge in [0.25, 0.3) is 5.91 Å². The highest BCUT2D eigenvalue weighted by atomic mass is 19.1. The highest BCUT2D eigenvalue weighted by Crippen LogP contribution is 2.33. The topological polar surface area (TPSA) is 68.0 Å². The zero-order chi connectivity index (χ0) is 23.9. The molecule has 34 heavy (non-hydrogen) atoms. The molecule has 7 nitrogen and oxygen atoms in total. The van der Waals surface area contributed by atoms with Gasteiger partial charge in [0.2, 0.25) is 5.88 Å². The molecule has 180 valence electrons. The summed E-state index contributed by atoms with van der Waals surface area (Å²) in [7, 11) is 1.59. The lowest BCUT2D eigenvalue weighted by Gasteiger charge is -2.28. The number of halogens is 2. The Morgan fingerprint density at radius 1 is 1.12 bits per heavy atom. The van der Waals surface area contributed by atoms with Crippen LogP contribution in [-0.4, -0.2) is 62.5 Å². The quantitative estimate of drug-likeness (QED) is 0.437. The molecule has 0 N–H and O–H groups in total. The van der Waals surface area contributed by atoms with Crippen LogP contribution in [0.5, 0.6) is 0 Å². The van der Waals surface area contributed by atoms with Crippen molar-refractivity contribution in [1.82, 2.24) is 10.1 Å². The first-order chi connectivity index (χ1) is 16.6. The lowest BCUT2D eigenvalue weighted by molar-refractivity contribution is 0.0718. The minimum atomic E-state index is -0.582. The van der Waals surface area contributed by atoms with Gasteiger partial charge < -0.3 is 23.8 Å². The first-order valence-corrected chi connectivity index (χ1v) is 11.2. The molecule has 0 spiro atoms. The molecule has 1 amide bonds. The largest absolute Gasteiger partial charge is 0.385 e. The maximum absolute atomic E-state index is 14.5. The summed E-state index contributed by atoms with van der Waals surface area (Å²) in [5, 5.41) is 4.27. The fourth-order valence-corrected chi connectivity index (χ4v) is 3.94. The molecule has 0 aliphatic carbocycles. The van der Waals surface area contributed by atoms with E-state index in [1.165, 1.54) is 24.3 Å². The van der Waals surface area contributed by atoms with Gasteiger partial charge in [-0.1, -0.05) is 17.3 Å². The number of carbonyl (C=O) groups excluding carboxylic acids is 1. The molecule has 3 aromatic rings. The van der Waals surface area contributed by atoms with Crippen LogP contribution in [0.3, 0.4) is 0 Å². The van der Waals surface area contributed by atoms with Crippen molar-refractivity contribution < 1.29 is 27.6 Å². The van der Waals surface area contributed by atoms with Crippen LogP contribution in [0, 0.1) is 11.6 Å². The molecular weight excluding hydrogens is 444 g/mol. The fraction of sp³-hybridized carbons (Fsp3) is 0.360. The predicted octanol–water partition coefficient (Wildman–Crippen LogP) is 4.14. The number of anilines is 1. The molecular formula is C25H27F2N3O4. The number of aromatic nitrogens is 1. The molecule has 0 bridgehead atoms. The molecule has 1 saturated heterocycles. The van der Waals surface area contributed by atoms with Crippen molar-refractivity contribution in [3.8, 4) is 11.3 Å². The van der Waals surface area contributed by atoms with Crippen molar-refractivity contribution in [2.45, 2.75) is 13.0 Å². The lowest BCUT2D eigenvalue weighted by atomic mass is 10.1. The summed E-state index contributed by atoms with van der Waals surface area (Å²) in [5.41, 5.74) is 1.85. The third-order valence-corrected chi connectivity index (χ3v) is 5.70. The van der Waals surface area contributed by atoms with Crippen LogP contribution in [0.1, 0.15) is 22.3 Å². The first-order valence-electron chi connectivity index (χ1n) is 11.2. The van der Waals surface area contributed by atoms with E-state index in [0.29, 0.717) is 68.6 Å². The standard InChI is InChI=1S/C25H27F2N3O4/c1-32-14-4-11-30(24(31)20-5-2-3-6-22(20)27)17-21-23(18-7-9-19(26)10-8-18)28-34-25(21)29-12-15-33-16-13-29/h2-3,5-10H,4,11-17H2,1H3. The number of methoxy groups -OCH3 is 1. The molecule has 1 aromatic heterocycles. The summed E-state index contributed by atoms with van der Waals surface area (Å²) >= 11 is 0. The van der Waals surface area contributed by atoms with E-state index in [4.69, 9.17) is 14.0 Å². The van der Waals surface area contributed by atoms with Gasteiger partial charge in [0.1, 0.15) is 17.3 Å². The number of carbonyl (C=O) groups is 1. The Balaban J connectivity index is 1.72. The predicted molar refractivity (Wildman–Crippen MR) is 123 cm³/mol. The van der Waals surface area contributed by atoms with E-state index >= 15 is 0 Å². The number of hydrogen-bond acceptors (Lipinski definition) is 6. The van der Waals surface area contributed by atoms with E-state index in [9.17, 15) is 13.6 Å². The summed E-state index contributed by atoms with van der Waals surface area (Å²) in [5.74, 6) is -0.853. The second-order valence-corrected chi connectivity index (χ2v) is 7.97. The fourth-order valence-electron chi connectivity index (χ4n) is 3.94. The molecule has 4 rings (SSSR count). The smallest absolute Gasteiger partial charge is 0.257 e. The number of nitrogens with zero attached hydrogens (tertiary/aromatic N) is 3. The van der Waals surface area contributed by atoms with E-state index < -0.39 is 11.7 Å². The van der Waals surface area contributed by atoms with Gasteiger partial charge in [0.05, 0.1) is 30.9 Å². The Labute approximate surface area is 196 Å². The van der Waals surface area contributed by atoms with Gasteiger partial charge in [0.15, 0.2) is 0 Å². The zero-order valence-electron chi connectivity index (χ0n) is 19.0.